The smallest absolute Gasteiger partial charge is 0.255 e. The maximum absolute atomic E-state index is 12.3. The van der Waals surface area contributed by atoms with Gasteiger partial charge in [-0.3, -0.25) is 4.79 Å². The average Bonchev–Trinajstić information content (AvgIpc) is 2.41. The van der Waals surface area contributed by atoms with E-state index in [0.29, 0.717) is 31.6 Å². The molecule has 20 heavy (non-hydrogen) atoms. The van der Waals surface area contributed by atoms with Crippen molar-refractivity contribution in [3.63, 3.8) is 0 Å². The molecule has 5 nitrogen and oxygen atoms in total. The Bertz CT molecular complexity index is 504. The van der Waals surface area contributed by atoms with E-state index < -0.39 is 5.60 Å². The third-order valence-electron chi connectivity index (χ3n) is 3.34. The molecule has 0 saturated carbocycles. The Morgan fingerprint density at radius 3 is 2.75 bits per heavy atom. The summed E-state index contributed by atoms with van der Waals surface area (Å²) in [5.41, 5.74) is -0.552. The third-order valence-corrected chi connectivity index (χ3v) is 4.03. The molecule has 1 amide bonds. The van der Waals surface area contributed by atoms with Crippen molar-refractivity contribution in [3.05, 3.63) is 28.0 Å². The molecular weight excluding hydrogens is 303 g/mol. The summed E-state index contributed by atoms with van der Waals surface area (Å²) < 4.78 is 5.21. The fraction of sp³-hybridized carbons (Fsp3) is 0.538. The largest absolute Gasteiger partial charge is 0.388 e. The number of pyridine rings is 1. The summed E-state index contributed by atoms with van der Waals surface area (Å²) in [4.78, 5) is 17.6. The number of ether oxygens (including phenoxy) is 1. The van der Waals surface area contributed by atoms with Crippen LogP contribution in [0.5, 0.6) is 0 Å². The number of aromatic nitrogens is 1. The van der Waals surface area contributed by atoms with Crippen molar-refractivity contribution >= 4 is 29.1 Å². The molecule has 2 heterocycles. The van der Waals surface area contributed by atoms with Crippen LogP contribution in [-0.4, -0.2) is 53.3 Å². The van der Waals surface area contributed by atoms with Crippen LogP contribution in [-0.2, 0) is 4.74 Å². The third kappa shape index (κ3) is 3.61. The average molecular weight is 319 g/mol. The molecule has 0 unspecified atom stereocenters. The standard InChI is InChI=1S/C13H16Cl2N2O3/c1-17(8-13(19)2-4-20-5-3-13)12(18)9-6-10(14)11(15)16-7-9/h6-7,19H,2-5,8H2,1H3. The van der Waals surface area contributed by atoms with Crippen LogP contribution in [0.15, 0.2) is 12.3 Å². The molecule has 0 bridgehead atoms. The molecule has 1 N–H and O–H groups in total. The van der Waals surface area contributed by atoms with E-state index in [1.165, 1.54) is 17.2 Å². The van der Waals surface area contributed by atoms with Crippen molar-refractivity contribution in [2.24, 2.45) is 0 Å². The van der Waals surface area contributed by atoms with E-state index in [9.17, 15) is 9.90 Å². The second-order valence-electron chi connectivity index (χ2n) is 4.99. The predicted molar refractivity (Wildman–Crippen MR) is 76.2 cm³/mol. The highest BCUT2D eigenvalue weighted by molar-refractivity contribution is 6.41. The molecule has 0 spiro atoms. The summed E-state index contributed by atoms with van der Waals surface area (Å²) in [6.07, 6.45) is 2.41. The van der Waals surface area contributed by atoms with E-state index in [4.69, 9.17) is 27.9 Å². The molecule has 1 aliphatic rings. The van der Waals surface area contributed by atoms with E-state index in [0.717, 1.165) is 0 Å². The molecule has 2 rings (SSSR count). The minimum Gasteiger partial charge on any atom is -0.388 e. The van der Waals surface area contributed by atoms with Crippen LogP contribution in [0.1, 0.15) is 23.2 Å². The molecule has 1 aromatic heterocycles. The van der Waals surface area contributed by atoms with Gasteiger partial charge in [0.15, 0.2) is 0 Å². The number of nitrogens with zero attached hydrogens (tertiary/aromatic N) is 2. The van der Waals surface area contributed by atoms with Crippen LogP contribution in [0, 0.1) is 0 Å². The normalized spacial score (nSPS) is 17.8. The summed E-state index contributed by atoms with van der Waals surface area (Å²) in [7, 11) is 1.64. The maximum atomic E-state index is 12.3. The first-order valence-corrected chi connectivity index (χ1v) is 7.03. The molecule has 0 aromatic carbocycles. The SMILES string of the molecule is CN(CC1(O)CCOCC1)C(=O)c1cnc(Cl)c(Cl)c1. The van der Waals surface area contributed by atoms with E-state index in [1.807, 2.05) is 0 Å². The molecule has 110 valence electrons. The maximum Gasteiger partial charge on any atom is 0.255 e. The predicted octanol–water partition coefficient (Wildman–Crippen LogP) is 2.00. The van der Waals surface area contributed by atoms with Gasteiger partial charge in [-0.2, -0.15) is 0 Å². The second kappa shape index (κ2) is 6.26. The monoisotopic (exact) mass is 318 g/mol. The van der Waals surface area contributed by atoms with Crippen molar-refractivity contribution in [3.8, 4) is 0 Å². The Morgan fingerprint density at radius 1 is 1.50 bits per heavy atom. The first kappa shape index (κ1) is 15.5. The number of amides is 1. The second-order valence-corrected chi connectivity index (χ2v) is 5.76. The van der Waals surface area contributed by atoms with Gasteiger partial charge >= 0.3 is 0 Å². The first-order chi connectivity index (χ1) is 9.41. The molecule has 0 radical (unpaired) electrons. The van der Waals surface area contributed by atoms with Gasteiger partial charge in [0.05, 0.1) is 16.2 Å². The lowest BCUT2D eigenvalue weighted by Gasteiger charge is -2.35. The molecule has 1 saturated heterocycles. The zero-order valence-corrected chi connectivity index (χ0v) is 12.6. The molecule has 1 aromatic rings. The number of likely N-dealkylation sites (N-methyl/N-ethyl adjacent to an activating group) is 1. The summed E-state index contributed by atoms with van der Waals surface area (Å²) in [5, 5.41) is 10.8. The number of carbonyl (C=O) groups excluding carboxylic acids is 1. The summed E-state index contributed by atoms with van der Waals surface area (Å²) >= 11 is 11.6. The fourth-order valence-corrected chi connectivity index (χ4v) is 2.45. The van der Waals surface area contributed by atoms with Crippen LogP contribution in [0.2, 0.25) is 10.2 Å². The van der Waals surface area contributed by atoms with Crippen LogP contribution in [0.25, 0.3) is 0 Å². The lowest BCUT2D eigenvalue weighted by molar-refractivity contribution is -0.0734. The Kier molecular flexibility index (Phi) is 4.86. The van der Waals surface area contributed by atoms with Gasteiger partial charge in [0.25, 0.3) is 5.91 Å². The Balaban J connectivity index is 2.06. The quantitative estimate of drug-likeness (QED) is 0.866. The lowest BCUT2D eigenvalue weighted by atomic mass is 9.94. The van der Waals surface area contributed by atoms with Gasteiger partial charge < -0.3 is 14.7 Å². The van der Waals surface area contributed by atoms with Crippen molar-refractivity contribution < 1.29 is 14.6 Å². The van der Waals surface area contributed by atoms with Gasteiger partial charge in [0, 0.05) is 45.8 Å². The summed E-state index contributed by atoms with van der Waals surface area (Å²) in [6, 6.07) is 1.48. The zero-order valence-electron chi connectivity index (χ0n) is 11.1. The molecule has 0 aliphatic carbocycles. The van der Waals surface area contributed by atoms with Gasteiger partial charge in [0.2, 0.25) is 0 Å². The van der Waals surface area contributed by atoms with E-state index in [2.05, 4.69) is 4.98 Å². The van der Waals surface area contributed by atoms with Crippen LogP contribution < -0.4 is 0 Å². The lowest BCUT2D eigenvalue weighted by Crippen LogP contribution is -2.47. The number of aliphatic hydroxyl groups is 1. The van der Waals surface area contributed by atoms with E-state index >= 15 is 0 Å². The highest BCUT2D eigenvalue weighted by Gasteiger charge is 2.32. The fourth-order valence-electron chi connectivity index (χ4n) is 2.18. The zero-order chi connectivity index (χ0) is 14.8. The Morgan fingerprint density at radius 2 is 2.15 bits per heavy atom. The number of hydrogen-bond donors (Lipinski definition) is 1. The van der Waals surface area contributed by atoms with E-state index in [-0.39, 0.29) is 22.6 Å². The number of carbonyl (C=O) groups is 1. The minimum atomic E-state index is -0.897. The summed E-state index contributed by atoms with van der Waals surface area (Å²) in [5.74, 6) is -0.254. The van der Waals surface area contributed by atoms with E-state index in [1.54, 1.807) is 7.05 Å². The topological polar surface area (TPSA) is 62.7 Å². The van der Waals surface area contributed by atoms with Crippen LogP contribution >= 0.6 is 23.2 Å². The van der Waals surface area contributed by atoms with Crippen molar-refractivity contribution in [2.75, 3.05) is 26.8 Å². The van der Waals surface area contributed by atoms with Crippen molar-refractivity contribution in [2.45, 2.75) is 18.4 Å². The van der Waals surface area contributed by atoms with Crippen LogP contribution in [0.3, 0.4) is 0 Å². The minimum absolute atomic E-state index is 0.161. The molecular formula is C13H16Cl2N2O3. The van der Waals surface area contributed by atoms with Gasteiger partial charge in [-0.15, -0.1) is 0 Å². The number of rotatable bonds is 3. The first-order valence-electron chi connectivity index (χ1n) is 6.28. The molecule has 1 fully saturated rings. The number of hydrogen-bond acceptors (Lipinski definition) is 4. The van der Waals surface area contributed by atoms with Crippen molar-refractivity contribution in [1.29, 1.82) is 0 Å². The molecule has 1 aliphatic heterocycles. The van der Waals surface area contributed by atoms with Crippen LogP contribution in [0.4, 0.5) is 0 Å². The van der Waals surface area contributed by atoms with Gasteiger partial charge in [0.1, 0.15) is 5.15 Å². The Labute approximate surface area is 127 Å². The molecule has 7 heteroatoms. The van der Waals surface area contributed by atoms with Crippen molar-refractivity contribution in [1.82, 2.24) is 9.88 Å². The van der Waals surface area contributed by atoms with Gasteiger partial charge in [-0.05, 0) is 6.07 Å². The number of halogens is 2. The highest BCUT2D eigenvalue weighted by Crippen LogP contribution is 2.23. The van der Waals surface area contributed by atoms with Gasteiger partial charge in [-0.25, -0.2) is 4.98 Å². The highest BCUT2D eigenvalue weighted by atomic mass is 35.5. The Hall–Kier alpha value is -0.880. The van der Waals surface area contributed by atoms with Gasteiger partial charge in [-0.1, -0.05) is 23.2 Å². The summed E-state index contributed by atoms with van der Waals surface area (Å²) in [6.45, 7) is 1.26. The molecule has 0 atom stereocenters.